The van der Waals surface area contributed by atoms with Gasteiger partial charge in [0, 0.05) is 11.9 Å². The van der Waals surface area contributed by atoms with Crippen LogP contribution in [-0.4, -0.2) is 5.71 Å². The molecule has 9 heavy (non-hydrogen) atoms. The maximum atomic E-state index is 4.08. The third-order valence-electron chi connectivity index (χ3n) is 0.822. The van der Waals surface area contributed by atoms with Crippen LogP contribution in [0.15, 0.2) is 29.4 Å². The highest BCUT2D eigenvalue weighted by molar-refractivity contribution is 5.92. The van der Waals surface area contributed by atoms with Crippen molar-refractivity contribution >= 4 is 5.71 Å². The monoisotopic (exact) mass is 123 g/mol. The van der Waals surface area contributed by atoms with Gasteiger partial charge in [-0.15, -0.1) is 0 Å². The summed E-state index contributed by atoms with van der Waals surface area (Å²) in [6.45, 7) is 9.53. The second-order valence-corrected chi connectivity index (χ2v) is 2.18. The predicted octanol–water partition coefficient (Wildman–Crippen LogP) is 2.56. The van der Waals surface area contributed by atoms with Crippen LogP contribution in [0.5, 0.6) is 0 Å². The summed E-state index contributed by atoms with van der Waals surface area (Å²) in [6.07, 6.45) is 3.57. The molecule has 0 bridgehead atoms. The zero-order valence-electron chi connectivity index (χ0n) is 6.31. The molecular weight excluding hydrogens is 110 g/mol. The fourth-order valence-corrected chi connectivity index (χ4v) is 0.284. The highest BCUT2D eigenvalue weighted by atomic mass is 14.7. The number of aliphatic imine (C=N–C) groups is 1. The van der Waals surface area contributed by atoms with Gasteiger partial charge >= 0.3 is 0 Å². The van der Waals surface area contributed by atoms with E-state index in [1.54, 1.807) is 6.08 Å². The molecular formula is C8H13N. The highest BCUT2D eigenvalue weighted by Gasteiger charge is 1.75. The van der Waals surface area contributed by atoms with Crippen LogP contribution in [0.3, 0.4) is 0 Å². The second-order valence-electron chi connectivity index (χ2n) is 2.18. The van der Waals surface area contributed by atoms with E-state index in [1.807, 2.05) is 27.0 Å². The van der Waals surface area contributed by atoms with Gasteiger partial charge in [-0.3, -0.25) is 4.99 Å². The average Bonchev–Trinajstić information content (AvgIpc) is 1.83. The van der Waals surface area contributed by atoms with Crippen LogP contribution in [-0.2, 0) is 0 Å². The quantitative estimate of drug-likeness (QED) is 0.500. The second kappa shape index (κ2) is 4.07. The van der Waals surface area contributed by atoms with Crippen LogP contribution in [0.2, 0.25) is 0 Å². The van der Waals surface area contributed by atoms with Gasteiger partial charge in [0.05, 0.1) is 0 Å². The first-order chi connectivity index (χ1) is 4.16. The Morgan fingerprint density at radius 2 is 1.89 bits per heavy atom. The van der Waals surface area contributed by atoms with Gasteiger partial charge < -0.3 is 0 Å². The Morgan fingerprint density at radius 1 is 1.33 bits per heavy atom. The van der Waals surface area contributed by atoms with Crippen molar-refractivity contribution in [3.63, 3.8) is 0 Å². The number of nitrogens with zero attached hydrogens (tertiary/aromatic N) is 1. The Kier molecular flexibility index (Phi) is 3.69. The van der Waals surface area contributed by atoms with Crippen molar-refractivity contribution in [3.8, 4) is 0 Å². The molecule has 1 nitrogen and oxygen atoms in total. The third-order valence-corrected chi connectivity index (χ3v) is 0.822. The lowest BCUT2D eigenvalue weighted by Crippen LogP contribution is -1.79. The lowest BCUT2D eigenvalue weighted by molar-refractivity contribution is 1.33. The molecule has 0 N–H and O–H groups in total. The van der Waals surface area contributed by atoms with Crippen molar-refractivity contribution in [2.75, 3.05) is 0 Å². The van der Waals surface area contributed by atoms with E-state index in [0.717, 1.165) is 5.71 Å². The van der Waals surface area contributed by atoms with Crippen LogP contribution < -0.4 is 0 Å². The van der Waals surface area contributed by atoms with Crippen LogP contribution in [0.1, 0.15) is 20.8 Å². The van der Waals surface area contributed by atoms with Gasteiger partial charge in [0.2, 0.25) is 0 Å². The summed E-state index contributed by atoms with van der Waals surface area (Å²) in [7, 11) is 0. The van der Waals surface area contributed by atoms with Gasteiger partial charge in [0.1, 0.15) is 0 Å². The molecule has 0 radical (unpaired) electrons. The molecule has 0 spiro atoms. The van der Waals surface area contributed by atoms with Crippen LogP contribution in [0.25, 0.3) is 0 Å². The molecule has 0 heterocycles. The Hall–Kier alpha value is -0.850. The molecule has 1 heteroatoms. The van der Waals surface area contributed by atoms with E-state index in [1.165, 1.54) is 5.57 Å². The first kappa shape index (κ1) is 8.15. The van der Waals surface area contributed by atoms with Crippen molar-refractivity contribution in [1.82, 2.24) is 0 Å². The smallest absolute Gasteiger partial charge is 0.0366 e. The Morgan fingerprint density at radius 3 is 2.22 bits per heavy atom. The maximum absolute atomic E-state index is 4.08. The van der Waals surface area contributed by atoms with E-state index in [2.05, 4.69) is 11.6 Å². The van der Waals surface area contributed by atoms with Crippen LogP contribution in [0, 0.1) is 0 Å². The normalized spacial score (nSPS) is 10.8. The lowest BCUT2D eigenvalue weighted by Gasteiger charge is -1.85. The number of allylic oxidation sites excluding steroid dienone is 2. The molecule has 0 amide bonds. The fourth-order valence-electron chi connectivity index (χ4n) is 0.284. The largest absolute Gasteiger partial charge is 0.262 e. The lowest BCUT2D eigenvalue weighted by atomic mass is 10.4. The number of rotatable bonds is 2. The highest BCUT2D eigenvalue weighted by Crippen LogP contribution is 1.89. The molecule has 0 saturated carbocycles. The maximum Gasteiger partial charge on any atom is 0.0366 e. The molecule has 0 unspecified atom stereocenters. The number of hydrogen-bond acceptors (Lipinski definition) is 1. The Bertz CT molecular complexity index is 148. The number of hydrogen-bond donors (Lipinski definition) is 0. The molecule has 0 aromatic carbocycles. The molecule has 0 aliphatic rings. The fraction of sp³-hybridized carbons (Fsp3) is 0.375. The van der Waals surface area contributed by atoms with Crippen molar-refractivity contribution in [2.24, 2.45) is 4.99 Å². The predicted molar refractivity (Wildman–Crippen MR) is 42.7 cm³/mol. The molecule has 0 aromatic rings. The van der Waals surface area contributed by atoms with Crippen molar-refractivity contribution < 1.29 is 0 Å². The minimum absolute atomic E-state index is 0.955. The van der Waals surface area contributed by atoms with E-state index in [9.17, 15) is 0 Å². The van der Waals surface area contributed by atoms with Gasteiger partial charge in [0.15, 0.2) is 0 Å². The van der Waals surface area contributed by atoms with Gasteiger partial charge in [-0.2, -0.15) is 0 Å². The van der Waals surface area contributed by atoms with E-state index in [-0.39, 0.29) is 0 Å². The molecule has 0 saturated heterocycles. The van der Waals surface area contributed by atoms with Crippen molar-refractivity contribution in [2.45, 2.75) is 20.8 Å². The zero-order chi connectivity index (χ0) is 7.28. The molecule has 0 fully saturated rings. The zero-order valence-corrected chi connectivity index (χ0v) is 6.31. The standard InChI is InChI=1S/C8H13N/c1-5-8(4)9-6-7(2)3/h5-6H,1H2,2-4H3. The van der Waals surface area contributed by atoms with Gasteiger partial charge in [-0.25, -0.2) is 0 Å². The van der Waals surface area contributed by atoms with Gasteiger partial charge in [-0.1, -0.05) is 12.2 Å². The molecule has 0 aromatic heterocycles. The minimum Gasteiger partial charge on any atom is -0.262 e. The van der Waals surface area contributed by atoms with Crippen LogP contribution in [0.4, 0.5) is 0 Å². The van der Waals surface area contributed by atoms with Gasteiger partial charge in [0.25, 0.3) is 0 Å². The van der Waals surface area contributed by atoms with Crippen LogP contribution >= 0.6 is 0 Å². The summed E-state index contributed by atoms with van der Waals surface area (Å²) in [5.74, 6) is 0. The molecule has 0 rings (SSSR count). The average molecular weight is 123 g/mol. The summed E-state index contributed by atoms with van der Waals surface area (Å²) >= 11 is 0. The van der Waals surface area contributed by atoms with Gasteiger partial charge in [-0.05, 0) is 26.8 Å². The summed E-state index contributed by atoms with van der Waals surface area (Å²) in [5.41, 5.74) is 2.16. The summed E-state index contributed by atoms with van der Waals surface area (Å²) in [6, 6.07) is 0. The van der Waals surface area contributed by atoms with E-state index in [4.69, 9.17) is 0 Å². The first-order valence-corrected chi connectivity index (χ1v) is 2.97. The Balaban J connectivity index is 3.98. The topological polar surface area (TPSA) is 12.4 Å². The van der Waals surface area contributed by atoms with E-state index < -0.39 is 0 Å². The molecule has 0 aliphatic heterocycles. The summed E-state index contributed by atoms with van der Waals surface area (Å²) in [5, 5.41) is 0. The summed E-state index contributed by atoms with van der Waals surface area (Å²) in [4.78, 5) is 4.08. The van der Waals surface area contributed by atoms with E-state index >= 15 is 0 Å². The Labute approximate surface area is 56.8 Å². The SMILES string of the molecule is C=CC(C)=NC=C(C)C. The van der Waals surface area contributed by atoms with Crippen molar-refractivity contribution in [1.29, 1.82) is 0 Å². The molecule has 0 atom stereocenters. The first-order valence-electron chi connectivity index (χ1n) is 2.97. The minimum atomic E-state index is 0.955. The van der Waals surface area contributed by atoms with Crippen molar-refractivity contribution in [3.05, 3.63) is 24.4 Å². The molecule has 50 valence electrons. The summed E-state index contributed by atoms with van der Waals surface area (Å²) < 4.78 is 0. The van der Waals surface area contributed by atoms with E-state index in [0.29, 0.717) is 0 Å². The molecule has 0 aliphatic carbocycles. The third kappa shape index (κ3) is 5.01.